The first kappa shape index (κ1) is 11.6. The van der Waals surface area contributed by atoms with E-state index in [2.05, 4.69) is 10.6 Å². The van der Waals surface area contributed by atoms with Gasteiger partial charge in [-0.05, 0) is 19.8 Å². The largest absolute Gasteiger partial charge is 0.481 e. The molecule has 5 nitrogen and oxygen atoms in total. The molecule has 0 unspecified atom stereocenters. The van der Waals surface area contributed by atoms with E-state index in [0.717, 1.165) is 6.42 Å². The fourth-order valence-corrected chi connectivity index (χ4v) is 1.47. The smallest absolute Gasteiger partial charge is 0.315 e. The van der Waals surface area contributed by atoms with Crippen LogP contribution >= 0.6 is 0 Å². The van der Waals surface area contributed by atoms with Gasteiger partial charge in [0, 0.05) is 12.5 Å². The number of allylic oxidation sites excluding steroid dienone is 1. The monoisotopic (exact) mass is 212 g/mol. The molecule has 0 spiro atoms. The first-order chi connectivity index (χ1) is 7.09. The van der Waals surface area contributed by atoms with Crippen molar-refractivity contribution in [3.8, 4) is 0 Å². The van der Waals surface area contributed by atoms with Crippen LogP contribution in [-0.4, -0.2) is 29.2 Å². The number of hydrogen-bond donors (Lipinski definition) is 3. The molecule has 0 aromatic rings. The molecule has 2 amide bonds. The molecule has 1 rings (SSSR count). The van der Waals surface area contributed by atoms with Gasteiger partial charge in [-0.2, -0.15) is 0 Å². The van der Waals surface area contributed by atoms with Crippen LogP contribution in [0.3, 0.4) is 0 Å². The molecule has 2 atom stereocenters. The number of carbonyl (C=O) groups excluding carboxylic acids is 1. The van der Waals surface area contributed by atoms with E-state index in [1.807, 2.05) is 19.1 Å². The molecule has 1 saturated heterocycles. The minimum atomic E-state index is -0.788. The molecule has 0 aliphatic carbocycles. The van der Waals surface area contributed by atoms with Crippen molar-refractivity contribution in [3.63, 3.8) is 0 Å². The van der Waals surface area contributed by atoms with Crippen LogP contribution < -0.4 is 10.6 Å². The minimum absolute atomic E-state index is 0.110. The van der Waals surface area contributed by atoms with Gasteiger partial charge < -0.3 is 15.7 Å². The van der Waals surface area contributed by atoms with E-state index in [9.17, 15) is 9.59 Å². The molecular weight excluding hydrogens is 196 g/mol. The second kappa shape index (κ2) is 5.38. The predicted octanol–water partition coefficient (Wildman–Crippen LogP) is 0.867. The molecule has 1 aliphatic rings. The third-order valence-corrected chi connectivity index (χ3v) is 2.36. The first-order valence-electron chi connectivity index (χ1n) is 5.03. The molecule has 0 aromatic heterocycles. The van der Waals surface area contributed by atoms with Crippen molar-refractivity contribution in [2.24, 2.45) is 0 Å². The van der Waals surface area contributed by atoms with E-state index < -0.39 is 5.97 Å². The lowest BCUT2D eigenvalue weighted by Gasteiger charge is -2.10. The first-order valence-corrected chi connectivity index (χ1v) is 5.03. The highest BCUT2D eigenvalue weighted by atomic mass is 16.4. The van der Waals surface area contributed by atoms with Crippen molar-refractivity contribution in [1.82, 2.24) is 10.6 Å². The summed E-state index contributed by atoms with van der Waals surface area (Å²) in [5.74, 6) is -0.788. The number of carboxylic acid groups (broad SMARTS) is 1. The maximum Gasteiger partial charge on any atom is 0.315 e. The zero-order valence-corrected chi connectivity index (χ0v) is 8.69. The average molecular weight is 212 g/mol. The molecule has 5 heteroatoms. The van der Waals surface area contributed by atoms with Crippen LogP contribution in [0.4, 0.5) is 4.79 Å². The Hall–Kier alpha value is -1.52. The SMILES string of the molecule is C[C@@H]1NC(=O)N[C@@H]1C/C=C\CCC(=O)O. The van der Waals surface area contributed by atoms with Crippen molar-refractivity contribution in [1.29, 1.82) is 0 Å². The highest BCUT2D eigenvalue weighted by molar-refractivity contribution is 5.77. The van der Waals surface area contributed by atoms with Crippen LogP contribution in [0.1, 0.15) is 26.2 Å². The van der Waals surface area contributed by atoms with Gasteiger partial charge in [0.05, 0.1) is 6.04 Å². The summed E-state index contributed by atoms with van der Waals surface area (Å²) in [5, 5.41) is 13.9. The molecule has 0 aromatic carbocycles. The van der Waals surface area contributed by atoms with Crippen molar-refractivity contribution in [2.75, 3.05) is 0 Å². The summed E-state index contributed by atoms with van der Waals surface area (Å²) >= 11 is 0. The van der Waals surface area contributed by atoms with Gasteiger partial charge in [0.15, 0.2) is 0 Å². The number of nitrogens with one attached hydrogen (secondary N) is 2. The molecule has 0 saturated carbocycles. The van der Waals surface area contributed by atoms with Crippen LogP contribution in [0.5, 0.6) is 0 Å². The molecule has 0 bridgehead atoms. The van der Waals surface area contributed by atoms with E-state index in [4.69, 9.17) is 5.11 Å². The Morgan fingerprint density at radius 2 is 2.20 bits per heavy atom. The number of rotatable bonds is 5. The Labute approximate surface area is 88.5 Å². The third-order valence-electron chi connectivity index (χ3n) is 2.36. The molecule has 1 heterocycles. The van der Waals surface area contributed by atoms with Crippen molar-refractivity contribution in [3.05, 3.63) is 12.2 Å². The molecule has 0 radical (unpaired) electrons. The van der Waals surface area contributed by atoms with Gasteiger partial charge in [0.1, 0.15) is 0 Å². The summed E-state index contributed by atoms with van der Waals surface area (Å²) in [7, 11) is 0. The van der Waals surface area contributed by atoms with Crippen molar-refractivity contribution in [2.45, 2.75) is 38.3 Å². The van der Waals surface area contributed by atoms with Crippen LogP contribution in [-0.2, 0) is 4.79 Å². The Morgan fingerprint density at radius 3 is 2.73 bits per heavy atom. The highest BCUT2D eigenvalue weighted by Crippen LogP contribution is 2.06. The molecular formula is C10H16N2O3. The average Bonchev–Trinajstić information content (AvgIpc) is 2.44. The number of urea groups is 1. The lowest BCUT2D eigenvalue weighted by Crippen LogP contribution is -2.29. The normalized spacial score (nSPS) is 25.3. The number of carbonyl (C=O) groups is 2. The summed E-state index contributed by atoms with van der Waals surface area (Å²) in [6.07, 6.45) is 5.18. The Balaban J connectivity index is 2.19. The molecule has 15 heavy (non-hydrogen) atoms. The second-order valence-corrected chi connectivity index (χ2v) is 3.65. The van der Waals surface area contributed by atoms with Crippen molar-refractivity contribution < 1.29 is 14.7 Å². The van der Waals surface area contributed by atoms with Gasteiger partial charge in [-0.15, -0.1) is 0 Å². The van der Waals surface area contributed by atoms with Crippen LogP contribution in [0.15, 0.2) is 12.2 Å². The summed E-state index contributed by atoms with van der Waals surface area (Å²) in [4.78, 5) is 21.1. The zero-order valence-electron chi connectivity index (χ0n) is 8.69. The predicted molar refractivity (Wildman–Crippen MR) is 55.5 cm³/mol. The standard InChI is InChI=1S/C10H16N2O3/c1-7-8(12-10(15)11-7)5-3-2-4-6-9(13)14/h2-3,7-8H,4-6H2,1H3,(H,13,14)(H2,11,12,15)/b3-2-/t7-,8+/m0/s1. The zero-order chi connectivity index (χ0) is 11.3. The Kier molecular flexibility index (Phi) is 4.15. The van der Waals surface area contributed by atoms with Crippen LogP contribution in [0.25, 0.3) is 0 Å². The maximum atomic E-state index is 10.9. The van der Waals surface area contributed by atoms with Gasteiger partial charge in [0.25, 0.3) is 0 Å². The minimum Gasteiger partial charge on any atom is -0.481 e. The summed E-state index contributed by atoms with van der Waals surface area (Å²) in [6.45, 7) is 1.94. The fraction of sp³-hybridized carbons (Fsp3) is 0.600. The van der Waals surface area contributed by atoms with Gasteiger partial charge in [-0.25, -0.2) is 4.79 Å². The maximum absolute atomic E-state index is 10.9. The summed E-state index contributed by atoms with van der Waals surface area (Å²) < 4.78 is 0. The van der Waals surface area contributed by atoms with Gasteiger partial charge in [-0.1, -0.05) is 12.2 Å². The van der Waals surface area contributed by atoms with E-state index in [-0.39, 0.29) is 24.5 Å². The number of carboxylic acids is 1. The third kappa shape index (κ3) is 4.01. The summed E-state index contributed by atoms with van der Waals surface area (Å²) in [6, 6.07) is 0.103. The molecule has 1 fully saturated rings. The quantitative estimate of drug-likeness (QED) is 0.591. The Morgan fingerprint density at radius 1 is 1.47 bits per heavy atom. The number of aliphatic carboxylic acids is 1. The topological polar surface area (TPSA) is 78.4 Å². The molecule has 1 aliphatic heterocycles. The van der Waals surface area contributed by atoms with Gasteiger partial charge in [0.2, 0.25) is 0 Å². The molecule has 84 valence electrons. The lowest BCUT2D eigenvalue weighted by molar-refractivity contribution is -0.136. The highest BCUT2D eigenvalue weighted by Gasteiger charge is 2.26. The van der Waals surface area contributed by atoms with Crippen LogP contribution in [0, 0.1) is 0 Å². The number of amides is 2. The lowest BCUT2D eigenvalue weighted by atomic mass is 10.1. The summed E-state index contributed by atoms with van der Waals surface area (Å²) in [5.41, 5.74) is 0. The van der Waals surface area contributed by atoms with Gasteiger partial charge >= 0.3 is 12.0 Å². The Bertz CT molecular complexity index is 276. The van der Waals surface area contributed by atoms with E-state index in [1.165, 1.54) is 0 Å². The van der Waals surface area contributed by atoms with E-state index in [1.54, 1.807) is 0 Å². The van der Waals surface area contributed by atoms with E-state index in [0.29, 0.717) is 6.42 Å². The number of hydrogen-bond acceptors (Lipinski definition) is 2. The second-order valence-electron chi connectivity index (χ2n) is 3.65. The fourth-order valence-electron chi connectivity index (χ4n) is 1.47. The van der Waals surface area contributed by atoms with Crippen molar-refractivity contribution >= 4 is 12.0 Å². The molecule has 3 N–H and O–H groups in total. The van der Waals surface area contributed by atoms with Gasteiger partial charge in [-0.3, -0.25) is 4.79 Å². The van der Waals surface area contributed by atoms with Crippen LogP contribution in [0.2, 0.25) is 0 Å². The van der Waals surface area contributed by atoms with E-state index >= 15 is 0 Å².